The summed E-state index contributed by atoms with van der Waals surface area (Å²) in [5.74, 6) is -0.567. The van der Waals surface area contributed by atoms with Crippen molar-refractivity contribution in [1.82, 2.24) is 0 Å². The lowest BCUT2D eigenvalue weighted by Crippen LogP contribution is -2.60. The second-order valence-corrected chi connectivity index (χ2v) is 7.06. The molecule has 1 saturated heterocycles. The van der Waals surface area contributed by atoms with Gasteiger partial charge in [-0.3, -0.25) is 0 Å². The van der Waals surface area contributed by atoms with Gasteiger partial charge in [0.15, 0.2) is 5.75 Å². The van der Waals surface area contributed by atoms with Crippen LogP contribution in [0.4, 0.5) is 0 Å². The maximum atomic E-state index is 12.2. The Hall–Kier alpha value is -2.63. The zero-order chi connectivity index (χ0) is 22.5. The molecule has 0 unspecified atom stereocenters. The van der Waals surface area contributed by atoms with E-state index in [0.29, 0.717) is 6.42 Å². The van der Waals surface area contributed by atoms with Crippen LogP contribution in [0.25, 0.3) is 11.0 Å². The first-order chi connectivity index (χ1) is 14.9. The molecule has 10 nitrogen and oxygen atoms in total. The van der Waals surface area contributed by atoms with Crippen molar-refractivity contribution in [2.24, 2.45) is 0 Å². The first-order valence-corrected chi connectivity index (χ1v) is 9.92. The molecule has 0 bridgehead atoms. The van der Waals surface area contributed by atoms with Crippen molar-refractivity contribution in [3.8, 4) is 17.2 Å². The highest BCUT2D eigenvalue weighted by atomic mass is 16.7. The fourth-order valence-electron chi connectivity index (χ4n) is 3.16. The Morgan fingerprint density at radius 2 is 1.90 bits per heavy atom. The van der Waals surface area contributed by atoms with Crippen molar-refractivity contribution in [2.45, 2.75) is 50.5 Å². The molecule has 10 heteroatoms. The standard InChI is InChI=1S/C21H26O10/c1-2-3-4-5-8-28-19-15(23)12-7-6-11(9-13(12)30-20(19)27)29-21-18(26)17(25)16(24)14(10-22)31-21/h3-4,6-7,9,14,16-18,21-26H,2,5,8,10H2,1H3/b4-3+/t14-,16-,17+,18+,21+/m1/s1. The number of aromatic hydroxyl groups is 1. The fourth-order valence-corrected chi connectivity index (χ4v) is 3.16. The molecule has 5 N–H and O–H groups in total. The molecule has 3 rings (SSSR count). The molecule has 0 aliphatic carbocycles. The van der Waals surface area contributed by atoms with E-state index in [2.05, 4.69) is 0 Å². The SMILES string of the molecule is CC/C=C/CCOc1c(O)c2ccc(O[C@H]3O[C@H](CO)[C@@H](O)[C@H](O)[C@@H]3O)cc2oc1=O. The van der Waals surface area contributed by atoms with E-state index in [1.54, 1.807) is 0 Å². The van der Waals surface area contributed by atoms with Crippen molar-refractivity contribution < 1.29 is 44.2 Å². The van der Waals surface area contributed by atoms with Crippen LogP contribution in [-0.2, 0) is 4.74 Å². The minimum atomic E-state index is -1.59. The second-order valence-electron chi connectivity index (χ2n) is 7.06. The molecule has 31 heavy (non-hydrogen) atoms. The summed E-state index contributed by atoms with van der Waals surface area (Å²) in [4.78, 5) is 12.2. The molecule has 1 fully saturated rings. The number of ether oxygens (including phenoxy) is 3. The van der Waals surface area contributed by atoms with E-state index in [0.717, 1.165) is 6.42 Å². The average molecular weight is 438 g/mol. The van der Waals surface area contributed by atoms with Crippen LogP contribution in [0.5, 0.6) is 17.2 Å². The van der Waals surface area contributed by atoms with Gasteiger partial charge in [-0.25, -0.2) is 4.79 Å². The molecule has 1 aliphatic rings. The number of benzene rings is 1. The Morgan fingerprint density at radius 1 is 1.13 bits per heavy atom. The van der Waals surface area contributed by atoms with Crippen molar-refractivity contribution >= 4 is 11.0 Å². The summed E-state index contributed by atoms with van der Waals surface area (Å²) < 4.78 is 21.4. The highest BCUT2D eigenvalue weighted by molar-refractivity contribution is 5.86. The predicted octanol–water partition coefficient (Wildman–Crippen LogP) is 0.412. The summed E-state index contributed by atoms with van der Waals surface area (Å²) in [5, 5.41) is 49.7. The number of fused-ring (bicyclic) bond motifs is 1. The fraction of sp³-hybridized carbons (Fsp3) is 0.476. The smallest absolute Gasteiger partial charge is 0.383 e. The molecule has 5 atom stereocenters. The van der Waals surface area contributed by atoms with Gasteiger partial charge < -0.3 is 44.2 Å². The lowest BCUT2D eigenvalue weighted by atomic mass is 9.99. The largest absolute Gasteiger partial charge is 0.504 e. The predicted molar refractivity (Wildman–Crippen MR) is 108 cm³/mol. The molecular weight excluding hydrogens is 412 g/mol. The lowest BCUT2D eigenvalue weighted by Gasteiger charge is -2.39. The third kappa shape index (κ3) is 5.00. The van der Waals surface area contributed by atoms with Gasteiger partial charge in [0.05, 0.1) is 18.6 Å². The Morgan fingerprint density at radius 3 is 2.61 bits per heavy atom. The molecule has 1 aromatic carbocycles. The lowest BCUT2D eigenvalue weighted by molar-refractivity contribution is -0.277. The normalized spacial score (nSPS) is 26.4. The topological polar surface area (TPSA) is 159 Å². The van der Waals surface area contributed by atoms with E-state index in [1.807, 2.05) is 19.1 Å². The van der Waals surface area contributed by atoms with Gasteiger partial charge in [-0.2, -0.15) is 0 Å². The van der Waals surface area contributed by atoms with Gasteiger partial charge in [0.2, 0.25) is 12.0 Å². The van der Waals surface area contributed by atoms with E-state index in [1.165, 1.54) is 18.2 Å². The van der Waals surface area contributed by atoms with Crippen LogP contribution in [0.15, 0.2) is 39.6 Å². The van der Waals surface area contributed by atoms with Crippen LogP contribution in [0.1, 0.15) is 19.8 Å². The van der Waals surface area contributed by atoms with Gasteiger partial charge in [-0.1, -0.05) is 19.1 Å². The van der Waals surface area contributed by atoms with Crippen LogP contribution in [0.2, 0.25) is 0 Å². The maximum Gasteiger partial charge on any atom is 0.383 e. The molecule has 2 aromatic rings. The van der Waals surface area contributed by atoms with Gasteiger partial charge in [-0.05, 0) is 25.0 Å². The van der Waals surface area contributed by atoms with E-state index < -0.39 is 42.9 Å². The second kappa shape index (κ2) is 10.1. The van der Waals surface area contributed by atoms with Crippen molar-refractivity contribution in [2.75, 3.05) is 13.2 Å². The monoisotopic (exact) mass is 438 g/mol. The first kappa shape index (κ1) is 23.0. The zero-order valence-electron chi connectivity index (χ0n) is 16.9. The molecule has 2 heterocycles. The number of rotatable bonds is 8. The van der Waals surface area contributed by atoms with Crippen LogP contribution in [-0.4, -0.2) is 69.5 Å². The van der Waals surface area contributed by atoms with Gasteiger partial charge >= 0.3 is 5.63 Å². The van der Waals surface area contributed by atoms with Gasteiger partial charge in [0, 0.05) is 6.07 Å². The molecule has 1 aliphatic heterocycles. The first-order valence-electron chi connectivity index (χ1n) is 9.92. The van der Waals surface area contributed by atoms with Crippen LogP contribution >= 0.6 is 0 Å². The van der Waals surface area contributed by atoms with E-state index in [-0.39, 0.29) is 34.8 Å². The summed E-state index contributed by atoms with van der Waals surface area (Å²) in [6, 6.07) is 4.15. The summed E-state index contributed by atoms with van der Waals surface area (Å²) in [7, 11) is 0. The van der Waals surface area contributed by atoms with E-state index in [9.17, 15) is 30.3 Å². The van der Waals surface area contributed by atoms with Crippen molar-refractivity contribution in [3.05, 3.63) is 40.8 Å². The Kier molecular flexibility index (Phi) is 7.52. The highest BCUT2D eigenvalue weighted by Gasteiger charge is 2.44. The minimum absolute atomic E-state index is 0.00261. The quantitative estimate of drug-likeness (QED) is 0.222. The molecular formula is C21H26O10. The minimum Gasteiger partial charge on any atom is -0.504 e. The number of aliphatic hydroxyl groups excluding tert-OH is 4. The van der Waals surface area contributed by atoms with Crippen molar-refractivity contribution in [1.29, 1.82) is 0 Å². The summed E-state index contributed by atoms with van der Waals surface area (Å²) in [6.07, 6.45) is -1.90. The summed E-state index contributed by atoms with van der Waals surface area (Å²) >= 11 is 0. The zero-order valence-corrected chi connectivity index (χ0v) is 16.9. The van der Waals surface area contributed by atoms with Crippen LogP contribution in [0.3, 0.4) is 0 Å². The Labute approximate surface area is 177 Å². The number of hydrogen-bond donors (Lipinski definition) is 5. The summed E-state index contributed by atoms with van der Waals surface area (Å²) in [5.41, 5.74) is -0.864. The maximum absolute atomic E-state index is 12.2. The number of hydrogen-bond acceptors (Lipinski definition) is 10. The van der Waals surface area contributed by atoms with Crippen LogP contribution < -0.4 is 15.1 Å². The molecule has 0 amide bonds. The Bertz CT molecular complexity index is 967. The van der Waals surface area contributed by atoms with Crippen molar-refractivity contribution in [3.63, 3.8) is 0 Å². The molecule has 170 valence electrons. The van der Waals surface area contributed by atoms with Crippen LogP contribution in [0, 0.1) is 0 Å². The third-order valence-electron chi connectivity index (χ3n) is 4.85. The number of aliphatic hydroxyl groups is 4. The number of allylic oxidation sites excluding steroid dienone is 1. The van der Waals surface area contributed by atoms with E-state index >= 15 is 0 Å². The summed E-state index contributed by atoms with van der Waals surface area (Å²) in [6.45, 7) is 1.59. The van der Waals surface area contributed by atoms with E-state index in [4.69, 9.17) is 18.6 Å². The molecule has 0 saturated carbocycles. The van der Waals surface area contributed by atoms with Gasteiger partial charge in [-0.15, -0.1) is 0 Å². The molecule has 1 aromatic heterocycles. The molecule has 0 radical (unpaired) electrons. The molecule has 0 spiro atoms. The Balaban J connectivity index is 1.79. The average Bonchev–Trinajstić information content (AvgIpc) is 2.75. The van der Waals surface area contributed by atoms with Gasteiger partial charge in [0.1, 0.15) is 35.7 Å². The van der Waals surface area contributed by atoms with Gasteiger partial charge in [0.25, 0.3) is 0 Å². The highest BCUT2D eigenvalue weighted by Crippen LogP contribution is 2.34. The third-order valence-corrected chi connectivity index (χ3v) is 4.85.